The standard InChI is InChI=1S/C20H26FN3O5S/c1-20(2,30(28,29)10-6-9-14-7-4-3-5-8-14)17(23-19(26)27)18(25)24-13-15(21)11-16(24)12-22/h3-5,7-8,15-17,23H,6,9-11,13H2,1-2H3,(H,26,27)/t15-,16-,17+/m0/s1. The maximum Gasteiger partial charge on any atom is 0.405 e. The minimum atomic E-state index is -3.94. The van der Waals surface area contributed by atoms with Crippen LogP contribution in [0.15, 0.2) is 30.3 Å². The number of hydrogen-bond donors (Lipinski definition) is 2. The number of likely N-dealkylation sites (tertiary alicyclic amines) is 1. The van der Waals surface area contributed by atoms with Gasteiger partial charge >= 0.3 is 6.09 Å². The Morgan fingerprint density at radius 1 is 1.37 bits per heavy atom. The number of nitrogens with zero attached hydrogens (tertiary/aromatic N) is 2. The SMILES string of the molecule is CC(C)([C@H](NC(=O)O)C(=O)N1C[C@@H](F)C[C@H]1C#N)S(=O)(=O)CCCc1ccccc1. The van der Waals surface area contributed by atoms with E-state index in [-0.39, 0.29) is 18.7 Å². The van der Waals surface area contributed by atoms with Crippen molar-refractivity contribution in [3.63, 3.8) is 0 Å². The fourth-order valence-electron chi connectivity index (χ4n) is 3.53. The molecule has 0 spiro atoms. The fraction of sp³-hybridized carbons (Fsp3) is 0.550. The number of amides is 2. The third kappa shape index (κ3) is 5.27. The first-order chi connectivity index (χ1) is 14.0. The van der Waals surface area contributed by atoms with E-state index in [9.17, 15) is 32.8 Å². The lowest BCUT2D eigenvalue weighted by Crippen LogP contribution is -2.62. The molecule has 1 saturated heterocycles. The molecule has 1 aromatic rings. The first-order valence-corrected chi connectivity index (χ1v) is 11.2. The van der Waals surface area contributed by atoms with Gasteiger partial charge in [0, 0.05) is 6.42 Å². The molecule has 1 fully saturated rings. The summed E-state index contributed by atoms with van der Waals surface area (Å²) >= 11 is 0. The molecule has 0 radical (unpaired) electrons. The third-order valence-corrected chi connectivity index (χ3v) is 8.08. The quantitative estimate of drug-likeness (QED) is 0.637. The molecular formula is C20H26FN3O5S. The second-order valence-corrected chi connectivity index (χ2v) is 10.6. The van der Waals surface area contributed by atoms with Crippen LogP contribution in [0.3, 0.4) is 0 Å². The van der Waals surface area contributed by atoms with Crippen molar-refractivity contribution in [3.8, 4) is 6.07 Å². The van der Waals surface area contributed by atoms with E-state index < -0.39 is 44.8 Å². The number of carbonyl (C=O) groups is 2. The number of aryl methyl sites for hydroxylation is 1. The molecule has 1 heterocycles. The summed E-state index contributed by atoms with van der Waals surface area (Å²) in [5.74, 6) is -1.17. The largest absolute Gasteiger partial charge is 0.465 e. The van der Waals surface area contributed by atoms with Crippen molar-refractivity contribution < 1.29 is 27.5 Å². The van der Waals surface area contributed by atoms with Crippen LogP contribution in [0.1, 0.15) is 32.3 Å². The Bertz CT molecular complexity index is 914. The number of hydrogen-bond acceptors (Lipinski definition) is 5. The Labute approximate surface area is 175 Å². The average Bonchev–Trinajstić information content (AvgIpc) is 3.06. The molecule has 0 aromatic heterocycles. The zero-order chi connectivity index (χ0) is 22.5. The van der Waals surface area contributed by atoms with E-state index in [0.717, 1.165) is 10.5 Å². The predicted molar refractivity (Wildman–Crippen MR) is 108 cm³/mol. The van der Waals surface area contributed by atoms with Gasteiger partial charge in [0.2, 0.25) is 5.91 Å². The fourth-order valence-corrected chi connectivity index (χ4v) is 5.10. The first-order valence-electron chi connectivity index (χ1n) is 9.59. The van der Waals surface area contributed by atoms with Crippen LogP contribution in [-0.2, 0) is 21.1 Å². The highest BCUT2D eigenvalue weighted by atomic mass is 32.2. The predicted octanol–water partition coefficient (Wildman–Crippen LogP) is 1.91. The summed E-state index contributed by atoms with van der Waals surface area (Å²) < 4.78 is 38.1. The van der Waals surface area contributed by atoms with E-state index in [1.54, 1.807) is 0 Å². The Morgan fingerprint density at radius 3 is 2.57 bits per heavy atom. The number of carbonyl (C=O) groups excluding carboxylic acids is 1. The van der Waals surface area contributed by atoms with Crippen LogP contribution in [0.5, 0.6) is 0 Å². The molecule has 0 unspecified atom stereocenters. The molecule has 164 valence electrons. The average molecular weight is 440 g/mol. The van der Waals surface area contributed by atoms with Crippen LogP contribution in [0.2, 0.25) is 0 Å². The van der Waals surface area contributed by atoms with Crippen molar-refractivity contribution in [2.24, 2.45) is 0 Å². The van der Waals surface area contributed by atoms with E-state index in [1.165, 1.54) is 13.8 Å². The highest BCUT2D eigenvalue weighted by Crippen LogP contribution is 2.28. The van der Waals surface area contributed by atoms with Crippen LogP contribution < -0.4 is 5.32 Å². The third-order valence-electron chi connectivity index (χ3n) is 5.42. The molecule has 0 saturated carbocycles. The van der Waals surface area contributed by atoms with E-state index in [2.05, 4.69) is 0 Å². The maximum atomic E-state index is 13.8. The Hall–Kier alpha value is -2.67. The zero-order valence-corrected chi connectivity index (χ0v) is 17.7. The summed E-state index contributed by atoms with van der Waals surface area (Å²) in [7, 11) is -3.94. The number of rotatable bonds is 8. The maximum absolute atomic E-state index is 13.8. The van der Waals surface area contributed by atoms with Crippen molar-refractivity contribution in [3.05, 3.63) is 35.9 Å². The van der Waals surface area contributed by atoms with Crippen LogP contribution in [0.4, 0.5) is 9.18 Å². The minimum Gasteiger partial charge on any atom is -0.465 e. The molecule has 8 nitrogen and oxygen atoms in total. The van der Waals surface area contributed by atoms with Crippen LogP contribution >= 0.6 is 0 Å². The summed E-state index contributed by atoms with van der Waals surface area (Å²) in [6.45, 7) is 2.17. The van der Waals surface area contributed by atoms with Gasteiger partial charge in [0.1, 0.15) is 18.3 Å². The summed E-state index contributed by atoms with van der Waals surface area (Å²) in [5.41, 5.74) is 0.963. The van der Waals surface area contributed by atoms with Gasteiger partial charge < -0.3 is 15.3 Å². The Morgan fingerprint density at radius 2 is 2.00 bits per heavy atom. The molecule has 0 bridgehead atoms. The van der Waals surface area contributed by atoms with Crippen molar-refractivity contribution in [1.29, 1.82) is 5.26 Å². The molecule has 1 aliphatic heterocycles. The monoisotopic (exact) mass is 439 g/mol. The van der Waals surface area contributed by atoms with Gasteiger partial charge in [-0.15, -0.1) is 0 Å². The van der Waals surface area contributed by atoms with Crippen LogP contribution in [-0.4, -0.2) is 65.7 Å². The number of nitriles is 1. The van der Waals surface area contributed by atoms with E-state index in [0.29, 0.717) is 12.8 Å². The summed E-state index contributed by atoms with van der Waals surface area (Å²) in [6.07, 6.45) is -2.39. The van der Waals surface area contributed by atoms with Crippen molar-refractivity contribution in [1.82, 2.24) is 10.2 Å². The molecule has 0 aliphatic carbocycles. The highest BCUT2D eigenvalue weighted by molar-refractivity contribution is 7.92. The van der Waals surface area contributed by atoms with Gasteiger partial charge in [-0.2, -0.15) is 5.26 Å². The number of halogens is 1. The lowest BCUT2D eigenvalue weighted by Gasteiger charge is -2.35. The molecule has 2 amide bonds. The van der Waals surface area contributed by atoms with E-state index in [4.69, 9.17) is 0 Å². The lowest BCUT2D eigenvalue weighted by atomic mass is 10.0. The molecule has 1 aliphatic rings. The minimum absolute atomic E-state index is 0.188. The van der Waals surface area contributed by atoms with Gasteiger partial charge in [-0.05, 0) is 32.3 Å². The topological polar surface area (TPSA) is 128 Å². The number of carboxylic acid groups (broad SMARTS) is 1. The first kappa shape index (κ1) is 23.6. The Kier molecular flexibility index (Phi) is 7.42. The molecule has 2 N–H and O–H groups in total. The van der Waals surface area contributed by atoms with Crippen molar-refractivity contribution >= 4 is 21.8 Å². The summed E-state index contributed by atoms with van der Waals surface area (Å²) in [6, 6.07) is 8.37. The summed E-state index contributed by atoms with van der Waals surface area (Å²) in [5, 5.41) is 20.4. The molecule has 30 heavy (non-hydrogen) atoms. The molecular weight excluding hydrogens is 413 g/mol. The molecule has 10 heteroatoms. The number of nitrogens with one attached hydrogen (secondary N) is 1. The van der Waals surface area contributed by atoms with Gasteiger partial charge in [-0.3, -0.25) is 4.79 Å². The molecule has 2 rings (SSSR count). The van der Waals surface area contributed by atoms with Crippen LogP contribution in [0, 0.1) is 11.3 Å². The lowest BCUT2D eigenvalue weighted by molar-refractivity contribution is -0.134. The second kappa shape index (κ2) is 9.43. The van der Waals surface area contributed by atoms with Gasteiger partial charge in [0.25, 0.3) is 0 Å². The number of benzene rings is 1. The van der Waals surface area contributed by atoms with Gasteiger partial charge in [-0.25, -0.2) is 17.6 Å². The number of alkyl halides is 1. The normalized spacial score (nSPS) is 20.4. The van der Waals surface area contributed by atoms with Crippen molar-refractivity contribution in [2.45, 2.75) is 56.1 Å². The smallest absolute Gasteiger partial charge is 0.405 e. The molecule has 1 aromatic carbocycles. The van der Waals surface area contributed by atoms with Crippen LogP contribution in [0.25, 0.3) is 0 Å². The van der Waals surface area contributed by atoms with Gasteiger partial charge in [0.15, 0.2) is 9.84 Å². The van der Waals surface area contributed by atoms with E-state index in [1.807, 2.05) is 41.7 Å². The van der Waals surface area contributed by atoms with E-state index >= 15 is 0 Å². The molecule has 3 atom stereocenters. The van der Waals surface area contributed by atoms with Crippen molar-refractivity contribution in [2.75, 3.05) is 12.3 Å². The Balaban J connectivity index is 2.22. The number of sulfone groups is 1. The second-order valence-electron chi connectivity index (χ2n) is 7.86. The highest BCUT2D eigenvalue weighted by Gasteiger charge is 2.50. The summed E-state index contributed by atoms with van der Waals surface area (Å²) in [4.78, 5) is 25.2. The zero-order valence-electron chi connectivity index (χ0n) is 16.9. The van der Waals surface area contributed by atoms with Gasteiger partial charge in [0.05, 0.1) is 23.1 Å². The van der Waals surface area contributed by atoms with Gasteiger partial charge in [-0.1, -0.05) is 30.3 Å².